The molecule has 0 saturated carbocycles. The van der Waals surface area contributed by atoms with Crippen molar-refractivity contribution in [2.45, 2.75) is 0 Å². The van der Waals surface area contributed by atoms with E-state index in [0.29, 0.717) is 10.9 Å². The molecular weight excluding hydrogens is 525 g/mol. The van der Waals surface area contributed by atoms with Crippen molar-refractivity contribution in [2.24, 2.45) is 5.10 Å². The number of rotatable bonds is 5. The Kier molecular flexibility index (Phi) is 7.85. The molecule has 7 nitrogen and oxygen atoms in total. The number of fused-ring (bicyclic) bond motifs is 1. The fourth-order valence-electron chi connectivity index (χ4n) is 3.26. The van der Waals surface area contributed by atoms with Crippen molar-refractivity contribution in [1.82, 2.24) is 5.43 Å². The highest BCUT2D eigenvalue weighted by Crippen LogP contribution is 2.30. The van der Waals surface area contributed by atoms with Crippen molar-refractivity contribution in [1.29, 1.82) is 0 Å². The minimum absolute atomic E-state index is 0.101. The van der Waals surface area contributed by atoms with E-state index in [2.05, 4.69) is 15.8 Å². The molecule has 0 unspecified atom stereocenters. The molecule has 4 aromatic rings. The molecule has 2 amide bonds. The summed E-state index contributed by atoms with van der Waals surface area (Å²) in [6.45, 7) is 0. The smallest absolute Gasteiger partial charge is 0.345 e. The third-order valence-corrected chi connectivity index (χ3v) is 6.14. The predicted octanol–water partition coefficient (Wildman–Crippen LogP) is 6.11. The minimum atomic E-state index is -1.04. The standard InChI is InChI=1S/C26H16Cl3N3O4/c27-19-9-4-3-8-17(19)26(35)36-22-13-12-15-6-1-2-7-16(15)18(22)14-30-32-25(34)24(33)31-21-11-5-10-20(28)23(21)29/h1-14H,(H,31,33)(H,32,34). The number of ether oxygens (including phenoxy) is 1. The van der Waals surface area contributed by atoms with Crippen LogP contribution in [0.2, 0.25) is 15.1 Å². The number of hydrazone groups is 1. The first kappa shape index (κ1) is 25.2. The first-order valence-corrected chi connectivity index (χ1v) is 11.6. The van der Waals surface area contributed by atoms with Crippen LogP contribution in [0.5, 0.6) is 5.75 Å². The third-order valence-electron chi connectivity index (χ3n) is 4.99. The van der Waals surface area contributed by atoms with Crippen LogP contribution in [0.1, 0.15) is 15.9 Å². The first-order chi connectivity index (χ1) is 17.3. The highest BCUT2D eigenvalue weighted by Gasteiger charge is 2.17. The van der Waals surface area contributed by atoms with Gasteiger partial charge in [-0.2, -0.15) is 5.10 Å². The lowest BCUT2D eigenvalue weighted by atomic mass is 10.0. The van der Waals surface area contributed by atoms with E-state index < -0.39 is 17.8 Å². The molecule has 0 radical (unpaired) electrons. The Morgan fingerprint density at radius 2 is 1.50 bits per heavy atom. The van der Waals surface area contributed by atoms with E-state index in [0.717, 1.165) is 5.39 Å². The molecule has 2 N–H and O–H groups in total. The van der Waals surface area contributed by atoms with Crippen molar-refractivity contribution in [3.05, 3.63) is 105 Å². The third kappa shape index (κ3) is 5.66. The van der Waals surface area contributed by atoms with Gasteiger partial charge in [0.2, 0.25) is 0 Å². The van der Waals surface area contributed by atoms with E-state index in [9.17, 15) is 14.4 Å². The zero-order chi connectivity index (χ0) is 25.7. The van der Waals surface area contributed by atoms with Gasteiger partial charge in [-0.05, 0) is 41.1 Å². The molecule has 0 aliphatic carbocycles. The highest BCUT2D eigenvalue weighted by molar-refractivity contribution is 6.45. The zero-order valence-corrected chi connectivity index (χ0v) is 20.6. The average molecular weight is 541 g/mol. The number of halogens is 3. The van der Waals surface area contributed by atoms with Crippen LogP contribution in [-0.2, 0) is 9.59 Å². The molecule has 0 heterocycles. The number of esters is 1. The molecule has 0 saturated heterocycles. The van der Waals surface area contributed by atoms with Gasteiger partial charge >= 0.3 is 17.8 Å². The zero-order valence-electron chi connectivity index (χ0n) is 18.3. The average Bonchev–Trinajstić information content (AvgIpc) is 2.87. The molecule has 4 aromatic carbocycles. The largest absolute Gasteiger partial charge is 0.422 e. The van der Waals surface area contributed by atoms with E-state index >= 15 is 0 Å². The number of hydrogen-bond acceptors (Lipinski definition) is 5. The fraction of sp³-hybridized carbons (Fsp3) is 0. The molecule has 0 bridgehead atoms. The van der Waals surface area contributed by atoms with Crippen LogP contribution in [0.4, 0.5) is 5.69 Å². The minimum Gasteiger partial charge on any atom is -0.422 e. The van der Waals surface area contributed by atoms with Crippen LogP contribution in [0.3, 0.4) is 0 Å². The summed E-state index contributed by atoms with van der Waals surface area (Å²) in [5.74, 6) is -2.52. The molecule has 4 rings (SSSR count). The molecular formula is C26H16Cl3N3O4. The van der Waals surface area contributed by atoms with Crippen LogP contribution in [0.15, 0.2) is 84.0 Å². The Morgan fingerprint density at radius 3 is 2.31 bits per heavy atom. The Bertz CT molecular complexity index is 1520. The number of benzene rings is 4. The number of amides is 2. The van der Waals surface area contributed by atoms with Crippen molar-refractivity contribution in [2.75, 3.05) is 5.32 Å². The Balaban J connectivity index is 1.55. The number of carbonyl (C=O) groups excluding carboxylic acids is 3. The maximum Gasteiger partial charge on any atom is 0.345 e. The monoisotopic (exact) mass is 539 g/mol. The second-order valence-corrected chi connectivity index (χ2v) is 8.51. The normalized spacial score (nSPS) is 10.9. The summed E-state index contributed by atoms with van der Waals surface area (Å²) in [7, 11) is 0. The van der Waals surface area contributed by atoms with Crippen LogP contribution >= 0.6 is 34.8 Å². The molecule has 36 heavy (non-hydrogen) atoms. The molecule has 0 spiro atoms. The van der Waals surface area contributed by atoms with Gasteiger partial charge < -0.3 is 10.1 Å². The van der Waals surface area contributed by atoms with E-state index in [4.69, 9.17) is 39.5 Å². The summed E-state index contributed by atoms with van der Waals surface area (Å²) in [4.78, 5) is 37.2. The van der Waals surface area contributed by atoms with Crippen LogP contribution in [0.25, 0.3) is 10.8 Å². The van der Waals surface area contributed by atoms with Crippen molar-refractivity contribution in [3.63, 3.8) is 0 Å². The molecule has 0 fully saturated rings. The summed E-state index contributed by atoms with van der Waals surface area (Å²) >= 11 is 18.1. The predicted molar refractivity (Wildman–Crippen MR) is 141 cm³/mol. The number of anilines is 1. The molecule has 10 heteroatoms. The number of carbonyl (C=O) groups is 3. The Morgan fingerprint density at radius 1 is 0.778 bits per heavy atom. The molecule has 0 aliphatic rings. The number of nitrogens with zero attached hydrogens (tertiary/aromatic N) is 1. The second-order valence-electron chi connectivity index (χ2n) is 7.32. The topological polar surface area (TPSA) is 96.9 Å². The van der Waals surface area contributed by atoms with Gasteiger partial charge in [-0.1, -0.05) is 83.3 Å². The number of nitrogens with one attached hydrogen (secondary N) is 2. The Hall–Kier alpha value is -3.91. The summed E-state index contributed by atoms with van der Waals surface area (Å²) in [5, 5.41) is 8.38. The van der Waals surface area contributed by atoms with Gasteiger partial charge in [0, 0.05) is 5.56 Å². The van der Waals surface area contributed by atoms with Gasteiger partial charge in [0.25, 0.3) is 0 Å². The summed E-state index contributed by atoms with van der Waals surface area (Å²) in [6.07, 6.45) is 1.29. The lowest BCUT2D eigenvalue weighted by Gasteiger charge is -2.11. The Labute approximate surface area is 220 Å². The lowest BCUT2D eigenvalue weighted by Crippen LogP contribution is -2.32. The van der Waals surface area contributed by atoms with Gasteiger partial charge in [0.1, 0.15) is 5.75 Å². The van der Waals surface area contributed by atoms with Crippen molar-refractivity contribution >= 4 is 75.3 Å². The van der Waals surface area contributed by atoms with Crippen LogP contribution in [0, 0.1) is 0 Å². The molecule has 180 valence electrons. The SMILES string of the molecule is O=C(NN=Cc1c(OC(=O)c2ccccc2Cl)ccc2ccccc12)C(=O)Nc1cccc(Cl)c1Cl. The maximum atomic E-state index is 12.7. The lowest BCUT2D eigenvalue weighted by molar-refractivity contribution is -0.136. The summed E-state index contributed by atoms with van der Waals surface area (Å²) in [5.41, 5.74) is 2.93. The van der Waals surface area contributed by atoms with E-state index in [-0.39, 0.29) is 32.1 Å². The second kappa shape index (κ2) is 11.2. The maximum absolute atomic E-state index is 12.7. The molecule has 0 atom stereocenters. The van der Waals surface area contributed by atoms with Gasteiger partial charge in [0.05, 0.1) is 32.5 Å². The van der Waals surface area contributed by atoms with Crippen molar-refractivity contribution in [3.8, 4) is 5.75 Å². The van der Waals surface area contributed by atoms with E-state index in [1.807, 2.05) is 12.1 Å². The van der Waals surface area contributed by atoms with Gasteiger partial charge in [0.15, 0.2) is 0 Å². The van der Waals surface area contributed by atoms with Gasteiger partial charge in [-0.25, -0.2) is 10.2 Å². The quantitative estimate of drug-likeness (QED) is 0.105. The highest BCUT2D eigenvalue weighted by atomic mass is 35.5. The van der Waals surface area contributed by atoms with Crippen LogP contribution < -0.4 is 15.5 Å². The summed E-state index contributed by atoms with van der Waals surface area (Å²) in [6, 6.07) is 21.8. The van der Waals surface area contributed by atoms with E-state index in [1.165, 1.54) is 12.3 Å². The summed E-state index contributed by atoms with van der Waals surface area (Å²) < 4.78 is 5.60. The first-order valence-electron chi connectivity index (χ1n) is 10.4. The fourth-order valence-corrected chi connectivity index (χ4v) is 3.83. The van der Waals surface area contributed by atoms with Gasteiger partial charge in [-0.15, -0.1) is 0 Å². The van der Waals surface area contributed by atoms with Crippen molar-refractivity contribution < 1.29 is 19.1 Å². The van der Waals surface area contributed by atoms with E-state index in [1.54, 1.807) is 60.7 Å². The van der Waals surface area contributed by atoms with Gasteiger partial charge in [-0.3, -0.25) is 9.59 Å². The molecule has 0 aliphatic heterocycles. The molecule has 0 aromatic heterocycles. The van der Waals surface area contributed by atoms with Crippen LogP contribution in [-0.4, -0.2) is 24.0 Å². The number of hydrogen-bond donors (Lipinski definition) is 2.